The average Bonchev–Trinajstić information content (AvgIpc) is 2.70. The fraction of sp³-hybridized carbons (Fsp3) is 0.600. The lowest BCUT2D eigenvalue weighted by Gasteiger charge is -2.34. The summed E-state index contributed by atoms with van der Waals surface area (Å²) in [6.07, 6.45) is 4.29. The molecular formula is C20H29N7O. The van der Waals surface area contributed by atoms with E-state index >= 15 is 0 Å². The number of fused-ring (bicyclic) bond motifs is 1. The molecular weight excluding hydrogens is 354 g/mol. The van der Waals surface area contributed by atoms with Crippen LogP contribution in [0.4, 0.5) is 11.6 Å². The molecule has 2 saturated heterocycles. The number of aromatic nitrogens is 3. The second kappa shape index (κ2) is 8.36. The van der Waals surface area contributed by atoms with Crippen molar-refractivity contribution in [1.82, 2.24) is 24.8 Å². The van der Waals surface area contributed by atoms with E-state index in [4.69, 9.17) is 10.7 Å². The van der Waals surface area contributed by atoms with Crippen molar-refractivity contribution in [2.75, 3.05) is 63.5 Å². The molecule has 0 amide bonds. The number of nitrogens with zero attached hydrogens (tertiary/aromatic N) is 6. The van der Waals surface area contributed by atoms with Gasteiger partial charge in [-0.25, -0.2) is 15.0 Å². The summed E-state index contributed by atoms with van der Waals surface area (Å²) in [5.74, 6) is 2.05. The van der Waals surface area contributed by atoms with Gasteiger partial charge < -0.3 is 15.5 Å². The quantitative estimate of drug-likeness (QED) is 0.819. The van der Waals surface area contributed by atoms with E-state index in [9.17, 15) is 4.79 Å². The highest BCUT2D eigenvalue weighted by Crippen LogP contribution is 2.26. The summed E-state index contributed by atoms with van der Waals surface area (Å²) in [6.45, 7) is 6.48. The van der Waals surface area contributed by atoms with Crippen LogP contribution >= 0.6 is 0 Å². The molecule has 2 aliphatic rings. The van der Waals surface area contributed by atoms with Crippen LogP contribution in [0.2, 0.25) is 0 Å². The molecule has 2 fully saturated rings. The van der Waals surface area contributed by atoms with Crippen LogP contribution in [0.1, 0.15) is 19.3 Å². The summed E-state index contributed by atoms with van der Waals surface area (Å²) < 4.78 is 0. The van der Waals surface area contributed by atoms with Gasteiger partial charge in [-0.1, -0.05) is 0 Å². The Kier molecular flexibility index (Phi) is 5.68. The van der Waals surface area contributed by atoms with E-state index in [1.807, 2.05) is 12.1 Å². The fourth-order valence-corrected chi connectivity index (χ4v) is 4.21. The molecule has 0 aliphatic carbocycles. The van der Waals surface area contributed by atoms with Gasteiger partial charge in [-0.2, -0.15) is 0 Å². The number of carbonyl (C=O) groups is 1. The zero-order chi connectivity index (χ0) is 19.5. The van der Waals surface area contributed by atoms with Crippen molar-refractivity contribution in [2.24, 2.45) is 5.92 Å². The SMILES string of the molecule is CN1CCN(CC(=O)C[C@@H]2CCCN(c3ccc4ncnc(N)c4n3)C2)CC1. The standard InChI is InChI=1S/C20H29N7O/c1-25-7-9-26(10-8-25)13-16(28)11-15-3-2-6-27(12-15)18-5-4-17-19(24-18)20(21)23-14-22-17/h4-5,14-15H,2-3,6-13H2,1H3,(H2,21,22,23)/t15-/m0/s1. The minimum Gasteiger partial charge on any atom is -0.382 e. The Morgan fingerprint density at radius 2 is 2.00 bits per heavy atom. The highest BCUT2D eigenvalue weighted by molar-refractivity contribution is 5.85. The fourth-order valence-electron chi connectivity index (χ4n) is 4.21. The van der Waals surface area contributed by atoms with Crippen molar-refractivity contribution in [1.29, 1.82) is 0 Å². The highest BCUT2D eigenvalue weighted by atomic mass is 16.1. The summed E-state index contributed by atoms with van der Waals surface area (Å²) >= 11 is 0. The van der Waals surface area contributed by atoms with E-state index in [1.165, 1.54) is 6.33 Å². The third-order valence-electron chi connectivity index (χ3n) is 5.85. The molecule has 8 nitrogen and oxygen atoms in total. The molecule has 2 N–H and O–H groups in total. The van der Waals surface area contributed by atoms with Gasteiger partial charge in [-0.3, -0.25) is 9.69 Å². The first-order valence-electron chi connectivity index (χ1n) is 10.1. The number of carbonyl (C=O) groups excluding carboxylic acids is 1. The number of piperidine rings is 1. The van der Waals surface area contributed by atoms with Crippen LogP contribution < -0.4 is 10.6 Å². The summed E-state index contributed by atoms with van der Waals surface area (Å²) in [4.78, 5) is 32.4. The number of anilines is 2. The third-order valence-corrected chi connectivity index (χ3v) is 5.85. The Hall–Kier alpha value is -2.32. The molecule has 4 heterocycles. The zero-order valence-corrected chi connectivity index (χ0v) is 16.5. The molecule has 0 saturated carbocycles. The number of ketones is 1. The lowest BCUT2D eigenvalue weighted by Crippen LogP contribution is -2.46. The van der Waals surface area contributed by atoms with Crippen molar-refractivity contribution in [3.63, 3.8) is 0 Å². The number of hydrogen-bond acceptors (Lipinski definition) is 8. The molecule has 2 aromatic rings. The highest BCUT2D eigenvalue weighted by Gasteiger charge is 2.25. The van der Waals surface area contributed by atoms with Gasteiger partial charge in [0.1, 0.15) is 23.4 Å². The Bertz CT molecular complexity index is 834. The number of hydrogen-bond donors (Lipinski definition) is 1. The number of Topliss-reactive ketones (excluding diaryl/α,β-unsaturated/α-hetero) is 1. The Balaban J connectivity index is 1.36. The monoisotopic (exact) mass is 383 g/mol. The van der Waals surface area contributed by atoms with Crippen LogP contribution in [0.3, 0.4) is 0 Å². The molecule has 0 unspecified atom stereocenters. The lowest BCUT2D eigenvalue weighted by molar-refractivity contribution is -0.121. The molecule has 4 rings (SSSR count). The van der Waals surface area contributed by atoms with E-state index in [-0.39, 0.29) is 0 Å². The molecule has 0 radical (unpaired) electrons. The normalized spacial score (nSPS) is 21.9. The first kappa shape index (κ1) is 19.0. The number of pyridine rings is 1. The number of nitrogens with two attached hydrogens (primary N) is 1. The largest absolute Gasteiger partial charge is 0.382 e. The average molecular weight is 384 g/mol. The van der Waals surface area contributed by atoms with Crippen molar-refractivity contribution in [3.05, 3.63) is 18.5 Å². The molecule has 0 bridgehead atoms. The maximum atomic E-state index is 12.6. The molecule has 150 valence electrons. The van der Waals surface area contributed by atoms with Crippen LogP contribution in [0.5, 0.6) is 0 Å². The predicted octanol–water partition coefficient (Wildman–Crippen LogP) is 1.03. The summed E-state index contributed by atoms with van der Waals surface area (Å²) in [5, 5.41) is 0. The van der Waals surface area contributed by atoms with Crippen molar-refractivity contribution in [2.45, 2.75) is 19.3 Å². The first-order chi connectivity index (χ1) is 13.6. The van der Waals surface area contributed by atoms with Gasteiger partial charge in [0.15, 0.2) is 5.82 Å². The Morgan fingerprint density at radius 1 is 1.18 bits per heavy atom. The van der Waals surface area contributed by atoms with Crippen LogP contribution in [0.15, 0.2) is 18.5 Å². The number of piperazine rings is 1. The van der Waals surface area contributed by atoms with E-state index < -0.39 is 0 Å². The van der Waals surface area contributed by atoms with Gasteiger partial charge >= 0.3 is 0 Å². The maximum Gasteiger partial charge on any atom is 0.153 e. The third kappa shape index (κ3) is 4.39. The smallest absolute Gasteiger partial charge is 0.153 e. The van der Waals surface area contributed by atoms with Crippen molar-refractivity contribution in [3.8, 4) is 0 Å². The number of nitrogen functional groups attached to an aromatic ring is 1. The molecule has 28 heavy (non-hydrogen) atoms. The van der Waals surface area contributed by atoms with Gasteiger partial charge in [-0.05, 0) is 37.9 Å². The van der Waals surface area contributed by atoms with Crippen molar-refractivity contribution >= 4 is 28.5 Å². The first-order valence-corrected chi connectivity index (χ1v) is 10.1. The van der Waals surface area contributed by atoms with E-state index in [2.05, 4.69) is 31.7 Å². The Morgan fingerprint density at radius 3 is 2.82 bits per heavy atom. The minimum atomic E-state index is 0.362. The van der Waals surface area contributed by atoms with Crippen LogP contribution in [0, 0.1) is 5.92 Å². The molecule has 2 aromatic heterocycles. The van der Waals surface area contributed by atoms with Gasteiger partial charge in [0.2, 0.25) is 0 Å². The van der Waals surface area contributed by atoms with Gasteiger partial charge in [0.25, 0.3) is 0 Å². The molecule has 1 atom stereocenters. The van der Waals surface area contributed by atoms with E-state index in [1.54, 1.807) is 0 Å². The minimum absolute atomic E-state index is 0.362. The van der Waals surface area contributed by atoms with Crippen LogP contribution in [0.25, 0.3) is 11.0 Å². The molecule has 0 aromatic carbocycles. The summed E-state index contributed by atoms with van der Waals surface area (Å²) in [5.41, 5.74) is 7.36. The summed E-state index contributed by atoms with van der Waals surface area (Å²) in [7, 11) is 2.14. The molecule has 2 aliphatic heterocycles. The van der Waals surface area contributed by atoms with Crippen molar-refractivity contribution < 1.29 is 4.79 Å². The second-order valence-corrected chi connectivity index (χ2v) is 8.07. The topological polar surface area (TPSA) is 91.5 Å². The maximum absolute atomic E-state index is 12.6. The Labute approximate surface area is 165 Å². The van der Waals surface area contributed by atoms with E-state index in [0.717, 1.165) is 63.4 Å². The second-order valence-electron chi connectivity index (χ2n) is 8.07. The molecule has 8 heteroatoms. The van der Waals surface area contributed by atoms with Gasteiger partial charge in [-0.15, -0.1) is 0 Å². The predicted molar refractivity (Wildman–Crippen MR) is 110 cm³/mol. The number of likely N-dealkylation sites (N-methyl/N-ethyl adjacent to an activating group) is 1. The van der Waals surface area contributed by atoms with Crippen LogP contribution in [-0.4, -0.2) is 83.4 Å². The molecule has 0 spiro atoms. The number of rotatable bonds is 5. The zero-order valence-electron chi connectivity index (χ0n) is 16.5. The van der Waals surface area contributed by atoms with Gasteiger partial charge in [0.05, 0.1) is 12.1 Å². The lowest BCUT2D eigenvalue weighted by atomic mass is 9.92. The van der Waals surface area contributed by atoms with E-state index in [0.29, 0.717) is 36.0 Å². The van der Waals surface area contributed by atoms with Gasteiger partial charge in [0, 0.05) is 45.7 Å². The summed E-state index contributed by atoms with van der Waals surface area (Å²) in [6, 6.07) is 3.93. The van der Waals surface area contributed by atoms with Crippen LogP contribution in [-0.2, 0) is 4.79 Å².